The molecule has 140 valence electrons. The maximum absolute atomic E-state index is 12.5. The summed E-state index contributed by atoms with van der Waals surface area (Å²) in [5, 5.41) is 10.6. The monoisotopic (exact) mass is 385 g/mol. The molecular weight excluding hydrogens is 366 g/mol. The van der Waals surface area contributed by atoms with Crippen LogP contribution in [0.4, 0.5) is 5.69 Å². The number of esters is 1. The molecule has 0 radical (unpaired) electrons. The van der Waals surface area contributed by atoms with Gasteiger partial charge in [0.25, 0.3) is 5.69 Å². The summed E-state index contributed by atoms with van der Waals surface area (Å²) in [6.07, 6.45) is 2.29. The fourth-order valence-corrected chi connectivity index (χ4v) is 3.73. The summed E-state index contributed by atoms with van der Waals surface area (Å²) in [4.78, 5) is 35.4. The van der Waals surface area contributed by atoms with Crippen molar-refractivity contribution in [2.75, 3.05) is 5.75 Å². The number of hydrogen-bond acceptors (Lipinski definition) is 6. The molecule has 0 N–H and O–H groups in total. The Bertz CT molecular complexity index is 878. The highest BCUT2D eigenvalue weighted by Crippen LogP contribution is 2.24. The van der Waals surface area contributed by atoms with Crippen LogP contribution < -0.4 is 0 Å². The topological polar surface area (TPSA) is 86.5 Å². The van der Waals surface area contributed by atoms with E-state index < -0.39 is 17.0 Å². The standard InChI is InChI=1S/C20H19NO5S/c1-13(20(23)16-6-5-14-3-2-4-15(14)11-16)26-19(22)12-27-18-9-7-17(8-10-18)21(24)25/h5-11,13H,2-4,12H2,1H3/t13-/m1/s1. The van der Waals surface area contributed by atoms with Gasteiger partial charge in [0.1, 0.15) is 0 Å². The van der Waals surface area contributed by atoms with Crippen molar-refractivity contribution in [3.8, 4) is 0 Å². The van der Waals surface area contributed by atoms with Gasteiger partial charge in [-0.3, -0.25) is 19.7 Å². The van der Waals surface area contributed by atoms with Crippen molar-refractivity contribution >= 4 is 29.2 Å². The van der Waals surface area contributed by atoms with E-state index in [0.29, 0.717) is 5.56 Å². The number of carbonyl (C=O) groups excluding carboxylic acids is 2. The first kappa shape index (κ1) is 19.1. The predicted molar refractivity (Wildman–Crippen MR) is 102 cm³/mol. The summed E-state index contributed by atoms with van der Waals surface area (Å²) in [5.41, 5.74) is 3.05. The van der Waals surface area contributed by atoms with Gasteiger partial charge in [0.15, 0.2) is 6.10 Å². The van der Waals surface area contributed by atoms with E-state index in [0.717, 1.165) is 24.2 Å². The van der Waals surface area contributed by atoms with Crippen LogP contribution in [0.2, 0.25) is 0 Å². The van der Waals surface area contributed by atoms with E-state index in [4.69, 9.17) is 4.74 Å². The van der Waals surface area contributed by atoms with Crippen molar-refractivity contribution in [3.05, 3.63) is 69.3 Å². The van der Waals surface area contributed by atoms with Crippen LogP contribution >= 0.6 is 11.8 Å². The van der Waals surface area contributed by atoms with Crippen LogP contribution in [0.5, 0.6) is 0 Å². The van der Waals surface area contributed by atoms with E-state index in [1.165, 1.54) is 35.0 Å². The molecule has 0 spiro atoms. The first-order valence-corrected chi connectivity index (χ1v) is 9.65. The molecule has 0 fully saturated rings. The third-order valence-electron chi connectivity index (χ3n) is 4.46. The lowest BCUT2D eigenvalue weighted by Gasteiger charge is -2.13. The van der Waals surface area contributed by atoms with Crippen molar-refractivity contribution in [3.63, 3.8) is 0 Å². The summed E-state index contributed by atoms with van der Waals surface area (Å²) < 4.78 is 5.25. The molecule has 0 bridgehead atoms. The van der Waals surface area contributed by atoms with Crippen molar-refractivity contribution < 1.29 is 19.2 Å². The molecule has 27 heavy (non-hydrogen) atoms. The first-order valence-electron chi connectivity index (χ1n) is 8.67. The second kappa shape index (κ2) is 8.35. The van der Waals surface area contributed by atoms with E-state index in [2.05, 4.69) is 0 Å². The molecular formula is C20H19NO5S. The molecule has 0 heterocycles. The number of nitro benzene ring substituents is 1. The molecule has 3 rings (SSSR count). The van der Waals surface area contributed by atoms with Crippen LogP contribution in [0.1, 0.15) is 34.8 Å². The van der Waals surface area contributed by atoms with Gasteiger partial charge in [-0.05, 0) is 55.5 Å². The zero-order valence-corrected chi connectivity index (χ0v) is 15.7. The van der Waals surface area contributed by atoms with E-state index in [1.54, 1.807) is 25.1 Å². The number of non-ortho nitro benzene ring substituents is 1. The fraction of sp³-hybridized carbons (Fsp3) is 0.300. The fourth-order valence-electron chi connectivity index (χ4n) is 3.05. The van der Waals surface area contributed by atoms with Gasteiger partial charge in [0.05, 0.1) is 10.7 Å². The lowest BCUT2D eigenvalue weighted by Crippen LogP contribution is -2.25. The van der Waals surface area contributed by atoms with E-state index in [1.807, 2.05) is 12.1 Å². The molecule has 1 aliphatic carbocycles. The Balaban J connectivity index is 1.52. The number of hydrogen-bond donors (Lipinski definition) is 0. The molecule has 0 aromatic heterocycles. The highest BCUT2D eigenvalue weighted by Gasteiger charge is 2.21. The number of nitrogens with zero attached hydrogens (tertiary/aromatic N) is 1. The van der Waals surface area contributed by atoms with E-state index in [9.17, 15) is 19.7 Å². The molecule has 1 aliphatic rings. The van der Waals surface area contributed by atoms with E-state index in [-0.39, 0.29) is 17.2 Å². The molecule has 0 saturated carbocycles. The second-order valence-corrected chi connectivity index (χ2v) is 7.42. The second-order valence-electron chi connectivity index (χ2n) is 6.37. The number of ether oxygens (including phenoxy) is 1. The van der Waals surface area contributed by atoms with Crippen LogP contribution in [-0.2, 0) is 22.4 Å². The lowest BCUT2D eigenvalue weighted by molar-refractivity contribution is -0.384. The van der Waals surface area contributed by atoms with Gasteiger partial charge in [0, 0.05) is 22.6 Å². The van der Waals surface area contributed by atoms with Crippen molar-refractivity contribution in [2.24, 2.45) is 0 Å². The van der Waals surface area contributed by atoms with Gasteiger partial charge in [-0.15, -0.1) is 11.8 Å². The molecule has 6 nitrogen and oxygen atoms in total. The van der Waals surface area contributed by atoms with Gasteiger partial charge in [-0.2, -0.15) is 0 Å². The Morgan fingerprint density at radius 3 is 2.56 bits per heavy atom. The molecule has 0 saturated heterocycles. The SMILES string of the molecule is C[C@@H](OC(=O)CSc1ccc([N+](=O)[O-])cc1)C(=O)c1ccc2c(c1)CCC2. The quantitative estimate of drug-likeness (QED) is 0.235. The van der Waals surface area contributed by atoms with Crippen LogP contribution in [0.3, 0.4) is 0 Å². The number of ketones is 1. The number of Topliss-reactive ketones (excluding diaryl/α,β-unsaturated/α-hetero) is 1. The van der Waals surface area contributed by atoms with Gasteiger partial charge in [-0.25, -0.2) is 0 Å². The van der Waals surface area contributed by atoms with Crippen LogP contribution in [0.15, 0.2) is 47.4 Å². The Hall–Kier alpha value is -2.67. The lowest BCUT2D eigenvalue weighted by atomic mass is 10.0. The van der Waals surface area contributed by atoms with Gasteiger partial charge in [-0.1, -0.05) is 12.1 Å². The smallest absolute Gasteiger partial charge is 0.316 e. The molecule has 1 atom stereocenters. The average molecular weight is 385 g/mol. The molecule has 0 unspecified atom stereocenters. The number of benzene rings is 2. The zero-order valence-electron chi connectivity index (χ0n) is 14.8. The normalized spacial score (nSPS) is 13.7. The minimum Gasteiger partial charge on any atom is -0.454 e. The highest BCUT2D eigenvalue weighted by molar-refractivity contribution is 8.00. The van der Waals surface area contributed by atoms with Crippen molar-refractivity contribution in [1.29, 1.82) is 0 Å². The van der Waals surface area contributed by atoms with Gasteiger partial charge < -0.3 is 4.74 Å². The number of carbonyl (C=O) groups is 2. The summed E-state index contributed by atoms with van der Waals surface area (Å²) in [6, 6.07) is 11.6. The molecule has 0 amide bonds. The number of aryl methyl sites for hydroxylation is 2. The van der Waals surface area contributed by atoms with Crippen LogP contribution in [0, 0.1) is 10.1 Å². The minimum absolute atomic E-state index is 0.00417. The van der Waals surface area contributed by atoms with Crippen LogP contribution in [-0.4, -0.2) is 28.5 Å². The maximum atomic E-state index is 12.5. The van der Waals surface area contributed by atoms with Crippen LogP contribution in [0.25, 0.3) is 0 Å². The Labute approximate surface area is 161 Å². The van der Waals surface area contributed by atoms with Gasteiger partial charge in [0.2, 0.25) is 5.78 Å². The Kier molecular flexibility index (Phi) is 5.91. The van der Waals surface area contributed by atoms with E-state index >= 15 is 0 Å². The molecule has 0 aliphatic heterocycles. The number of fused-ring (bicyclic) bond motifs is 1. The largest absolute Gasteiger partial charge is 0.454 e. The number of thioether (sulfide) groups is 1. The highest BCUT2D eigenvalue weighted by atomic mass is 32.2. The van der Waals surface area contributed by atoms with Crippen molar-refractivity contribution in [1.82, 2.24) is 0 Å². The summed E-state index contributed by atoms with van der Waals surface area (Å²) in [7, 11) is 0. The summed E-state index contributed by atoms with van der Waals surface area (Å²) in [6.45, 7) is 1.57. The third kappa shape index (κ3) is 4.74. The summed E-state index contributed by atoms with van der Waals surface area (Å²) >= 11 is 1.21. The number of nitro groups is 1. The summed E-state index contributed by atoms with van der Waals surface area (Å²) in [5.74, 6) is -0.682. The Morgan fingerprint density at radius 1 is 1.15 bits per heavy atom. The average Bonchev–Trinajstić information content (AvgIpc) is 3.13. The molecule has 2 aromatic carbocycles. The number of rotatable bonds is 7. The zero-order chi connectivity index (χ0) is 19.4. The molecule has 2 aromatic rings. The third-order valence-corrected chi connectivity index (χ3v) is 5.45. The minimum atomic E-state index is -0.852. The van der Waals surface area contributed by atoms with Crippen molar-refractivity contribution in [2.45, 2.75) is 37.2 Å². The maximum Gasteiger partial charge on any atom is 0.316 e. The molecule has 7 heteroatoms. The predicted octanol–water partition coefficient (Wildman–Crippen LogP) is 3.99. The Morgan fingerprint density at radius 2 is 1.85 bits per heavy atom. The first-order chi connectivity index (χ1) is 12.9. The van der Waals surface area contributed by atoms with Gasteiger partial charge >= 0.3 is 5.97 Å².